The molecule has 144 valence electrons. The average Bonchev–Trinajstić information content (AvgIpc) is 2.96. The monoisotopic (exact) mass is 370 g/mol. The van der Waals surface area contributed by atoms with Crippen LogP contribution in [-0.2, 0) is 14.3 Å². The van der Waals surface area contributed by atoms with Crippen LogP contribution in [0.25, 0.3) is 0 Å². The van der Waals surface area contributed by atoms with E-state index in [4.69, 9.17) is 4.74 Å². The molecule has 6 heteroatoms. The zero-order chi connectivity index (χ0) is 19.2. The van der Waals surface area contributed by atoms with E-state index in [2.05, 4.69) is 11.4 Å². The Labute approximate surface area is 159 Å². The molecule has 1 aromatic carbocycles. The van der Waals surface area contributed by atoms with Gasteiger partial charge in [-0.3, -0.25) is 9.59 Å². The number of ether oxygens (including phenoxy) is 1. The third-order valence-electron chi connectivity index (χ3n) is 5.01. The Bertz CT molecular complexity index is 739. The summed E-state index contributed by atoms with van der Waals surface area (Å²) in [6.07, 6.45) is 8.16. The summed E-state index contributed by atoms with van der Waals surface area (Å²) >= 11 is 0. The first-order valence-corrected chi connectivity index (χ1v) is 9.65. The lowest BCUT2D eigenvalue weighted by atomic mass is 9.97. The summed E-state index contributed by atoms with van der Waals surface area (Å²) in [4.78, 5) is 37.9. The molecule has 3 rings (SSSR count). The zero-order valence-electron chi connectivity index (χ0n) is 15.7. The number of rotatable bonds is 7. The molecule has 27 heavy (non-hydrogen) atoms. The van der Waals surface area contributed by atoms with E-state index < -0.39 is 12.0 Å². The summed E-state index contributed by atoms with van der Waals surface area (Å²) in [5, 5.41) is 3.23. The fourth-order valence-electron chi connectivity index (χ4n) is 3.56. The Morgan fingerprint density at radius 1 is 1.22 bits per heavy atom. The number of allylic oxidation sites excluding steroid dienone is 1. The standard InChI is InChI=1S/C21H26N2O4/c1-2-27-21(26)16-8-10-17(11-9-16)23-19(24)14-18(20(23)25)22-13-12-15-6-4-3-5-7-15/h6,8-11,18,22H,2-5,7,12-14H2,1H3/t18-/m1/s1. The van der Waals surface area contributed by atoms with E-state index in [1.54, 1.807) is 31.2 Å². The van der Waals surface area contributed by atoms with Crippen LogP contribution in [0.4, 0.5) is 5.69 Å². The maximum absolute atomic E-state index is 12.7. The second kappa shape index (κ2) is 8.95. The number of esters is 1. The second-order valence-electron chi connectivity index (χ2n) is 6.90. The lowest BCUT2D eigenvalue weighted by molar-refractivity contribution is -0.121. The molecule has 0 aromatic heterocycles. The summed E-state index contributed by atoms with van der Waals surface area (Å²) in [6.45, 7) is 2.74. The quantitative estimate of drug-likeness (QED) is 0.454. The normalized spacial score (nSPS) is 20.0. The largest absolute Gasteiger partial charge is 0.462 e. The van der Waals surface area contributed by atoms with Gasteiger partial charge in [0.05, 0.1) is 30.3 Å². The van der Waals surface area contributed by atoms with Crippen LogP contribution in [-0.4, -0.2) is 37.0 Å². The lowest BCUT2D eigenvalue weighted by Gasteiger charge is -2.17. The van der Waals surface area contributed by atoms with Crippen LogP contribution in [0.3, 0.4) is 0 Å². The third kappa shape index (κ3) is 4.63. The van der Waals surface area contributed by atoms with E-state index in [0.717, 1.165) is 19.3 Å². The number of nitrogens with one attached hydrogen (secondary N) is 1. The van der Waals surface area contributed by atoms with Crippen LogP contribution < -0.4 is 10.2 Å². The molecule has 1 atom stereocenters. The number of amides is 2. The molecule has 0 unspecified atom stereocenters. The summed E-state index contributed by atoms with van der Waals surface area (Å²) in [5.74, 6) is -0.875. The van der Waals surface area contributed by atoms with Gasteiger partial charge in [-0.2, -0.15) is 0 Å². The van der Waals surface area contributed by atoms with Crippen LogP contribution in [0, 0.1) is 0 Å². The highest BCUT2D eigenvalue weighted by atomic mass is 16.5. The minimum Gasteiger partial charge on any atom is -0.462 e. The maximum Gasteiger partial charge on any atom is 0.338 e. The predicted octanol–water partition coefficient (Wildman–Crippen LogP) is 2.98. The number of nitrogens with zero attached hydrogens (tertiary/aromatic N) is 1. The van der Waals surface area contributed by atoms with Crippen molar-refractivity contribution in [1.29, 1.82) is 0 Å². The number of carbonyl (C=O) groups is 3. The average molecular weight is 370 g/mol. The van der Waals surface area contributed by atoms with E-state index in [-0.39, 0.29) is 18.2 Å². The molecular weight excluding hydrogens is 344 g/mol. The van der Waals surface area contributed by atoms with Gasteiger partial charge in [0.2, 0.25) is 5.91 Å². The molecule has 1 fully saturated rings. The highest BCUT2D eigenvalue weighted by Gasteiger charge is 2.39. The molecule has 1 heterocycles. The van der Waals surface area contributed by atoms with Crippen LogP contribution in [0.15, 0.2) is 35.9 Å². The molecule has 0 saturated carbocycles. The fraction of sp³-hybridized carbons (Fsp3) is 0.476. The van der Waals surface area contributed by atoms with Gasteiger partial charge in [-0.25, -0.2) is 9.69 Å². The van der Waals surface area contributed by atoms with E-state index in [0.29, 0.717) is 24.4 Å². The van der Waals surface area contributed by atoms with E-state index in [1.165, 1.54) is 23.3 Å². The molecule has 2 amide bonds. The molecule has 2 aliphatic rings. The smallest absolute Gasteiger partial charge is 0.338 e. The summed E-state index contributed by atoms with van der Waals surface area (Å²) in [5.41, 5.74) is 2.32. The number of imide groups is 1. The second-order valence-corrected chi connectivity index (χ2v) is 6.90. The first kappa shape index (κ1) is 19.3. The minimum atomic E-state index is -0.480. The van der Waals surface area contributed by atoms with Gasteiger partial charge in [0, 0.05) is 0 Å². The van der Waals surface area contributed by atoms with Crippen LogP contribution >= 0.6 is 0 Å². The van der Waals surface area contributed by atoms with Gasteiger partial charge in [-0.05, 0) is 69.8 Å². The van der Waals surface area contributed by atoms with Crippen molar-refractivity contribution in [3.63, 3.8) is 0 Å². The Balaban J connectivity index is 1.58. The van der Waals surface area contributed by atoms with Crippen molar-refractivity contribution in [3.05, 3.63) is 41.5 Å². The van der Waals surface area contributed by atoms with Crippen molar-refractivity contribution in [2.45, 2.75) is 51.5 Å². The minimum absolute atomic E-state index is 0.164. The zero-order valence-corrected chi connectivity index (χ0v) is 15.7. The number of benzene rings is 1. The topological polar surface area (TPSA) is 75.7 Å². The molecule has 1 saturated heterocycles. The molecule has 1 aliphatic heterocycles. The molecule has 0 radical (unpaired) electrons. The van der Waals surface area contributed by atoms with Gasteiger partial charge < -0.3 is 10.1 Å². The van der Waals surface area contributed by atoms with Crippen molar-refractivity contribution in [1.82, 2.24) is 5.32 Å². The van der Waals surface area contributed by atoms with Crippen molar-refractivity contribution in [2.75, 3.05) is 18.1 Å². The number of anilines is 1. The van der Waals surface area contributed by atoms with Gasteiger partial charge >= 0.3 is 5.97 Å². The molecule has 1 aromatic rings. The highest BCUT2D eigenvalue weighted by Crippen LogP contribution is 2.24. The van der Waals surface area contributed by atoms with Gasteiger partial charge in [0.1, 0.15) is 0 Å². The lowest BCUT2D eigenvalue weighted by Crippen LogP contribution is -2.39. The summed E-state index contributed by atoms with van der Waals surface area (Å²) in [6, 6.07) is 5.88. The Morgan fingerprint density at radius 2 is 2.00 bits per heavy atom. The maximum atomic E-state index is 12.7. The van der Waals surface area contributed by atoms with Gasteiger partial charge in [0.15, 0.2) is 0 Å². The Hall–Kier alpha value is -2.47. The van der Waals surface area contributed by atoms with Crippen molar-refractivity contribution in [2.24, 2.45) is 0 Å². The van der Waals surface area contributed by atoms with Gasteiger partial charge in [0.25, 0.3) is 5.91 Å². The molecule has 0 bridgehead atoms. The predicted molar refractivity (Wildman–Crippen MR) is 102 cm³/mol. The van der Waals surface area contributed by atoms with Crippen molar-refractivity contribution in [3.8, 4) is 0 Å². The van der Waals surface area contributed by atoms with E-state index in [9.17, 15) is 14.4 Å². The molecule has 6 nitrogen and oxygen atoms in total. The van der Waals surface area contributed by atoms with Crippen LogP contribution in [0.1, 0.15) is 55.8 Å². The molecular formula is C21H26N2O4. The first-order valence-electron chi connectivity index (χ1n) is 9.65. The summed E-state index contributed by atoms with van der Waals surface area (Å²) < 4.78 is 4.95. The Kier molecular flexibility index (Phi) is 6.40. The molecule has 0 spiro atoms. The SMILES string of the molecule is CCOC(=O)c1ccc(N2C(=O)C[C@@H](NCCC3=CCCCC3)C2=O)cc1. The van der Waals surface area contributed by atoms with Crippen LogP contribution in [0.2, 0.25) is 0 Å². The Morgan fingerprint density at radius 3 is 2.67 bits per heavy atom. The van der Waals surface area contributed by atoms with Crippen molar-refractivity contribution >= 4 is 23.5 Å². The third-order valence-corrected chi connectivity index (χ3v) is 5.01. The number of hydrogen-bond donors (Lipinski definition) is 1. The van der Waals surface area contributed by atoms with Gasteiger partial charge in [-0.15, -0.1) is 0 Å². The van der Waals surface area contributed by atoms with Crippen molar-refractivity contribution < 1.29 is 19.1 Å². The molecule has 1 aliphatic carbocycles. The van der Waals surface area contributed by atoms with E-state index >= 15 is 0 Å². The van der Waals surface area contributed by atoms with Gasteiger partial charge in [-0.1, -0.05) is 11.6 Å². The molecule has 1 N–H and O–H groups in total. The van der Waals surface area contributed by atoms with Crippen LogP contribution in [0.5, 0.6) is 0 Å². The highest BCUT2D eigenvalue weighted by molar-refractivity contribution is 6.22. The number of hydrogen-bond acceptors (Lipinski definition) is 5. The first-order chi connectivity index (χ1) is 13.1. The number of carbonyl (C=O) groups excluding carboxylic acids is 3. The fourth-order valence-corrected chi connectivity index (χ4v) is 3.56. The summed E-state index contributed by atoms with van der Waals surface area (Å²) in [7, 11) is 0. The van der Waals surface area contributed by atoms with E-state index in [1.807, 2.05) is 0 Å².